The van der Waals surface area contributed by atoms with Crippen molar-refractivity contribution in [2.24, 2.45) is 0 Å². The molecule has 0 unspecified atom stereocenters. The smallest absolute Gasteiger partial charge is 0.203 e. The molecule has 0 spiro atoms. The van der Waals surface area contributed by atoms with Crippen LogP contribution in [0.1, 0.15) is 0 Å². The van der Waals surface area contributed by atoms with E-state index in [0.717, 1.165) is 50.7 Å². The topological polar surface area (TPSA) is 80.3 Å². The Morgan fingerprint density at radius 2 is 1.86 bits per heavy atom. The third kappa shape index (κ3) is 2.50. The molecule has 4 rings (SSSR count). The molecular formula is C13H17N9. The van der Waals surface area contributed by atoms with Gasteiger partial charge in [0.25, 0.3) is 0 Å². The number of rotatable bonds is 4. The van der Waals surface area contributed by atoms with Crippen molar-refractivity contribution in [3.63, 3.8) is 0 Å². The predicted octanol–water partition coefficient (Wildman–Crippen LogP) is -0.462. The van der Waals surface area contributed by atoms with Crippen LogP contribution in [0, 0.1) is 0 Å². The number of hydrogen-bond donors (Lipinski definition) is 0. The molecule has 4 heterocycles. The van der Waals surface area contributed by atoms with Gasteiger partial charge in [0.2, 0.25) is 5.65 Å². The zero-order chi connectivity index (χ0) is 14.8. The number of hydrogen-bond acceptors (Lipinski definition) is 7. The lowest BCUT2D eigenvalue weighted by Crippen LogP contribution is -2.47. The largest absolute Gasteiger partial charge is 0.351 e. The highest BCUT2D eigenvalue weighted by atomic mass is 15.4. The molecule has 9 nitrogen and oxygen atoms in total. The van der Waals surface area contributed by atoms with Crippen molar-refractivity contribution >= 4 is 11.5 Å². The molecule has 0 atom stereocenters. The van der Waals surface area contributed by atoms with E-state index in [1.807, 2.05) is 21.5 Å². The summed E-state index contributed by atoms with van der Waals surface area (Å²) in [4.78, 5) is 9.18. The minimum absolute atomic E-state index is 0.818. The summed E-state index contributed by atoms with van der Waals surface area (Å²) in [6.45, 7) is 5.75. The Morgan fingerprint density at radius 3 is 2.68 bits per heavy atom. The number of piperazine rings is 1. The van der Waals surface area contributed by atoms with Gasteiger partial charge in [0.05, 0.1) is 12.7 Å². The number of aromatic nitrogens is 7. The van der Waals surface area contributed by atoms with Gasteiger partial charge in [0.1, 0.15) is 6.33 Å². The fraction of sp³-hybridized carbons (Fsp3) is 0.462. The molecule has 0 N–H and O–H groups in total. The lowest BCUT2D eigenvalue weighted by Gasteiger charge is -2.35. The van der Waals surface area contributed by atoms with Gasteiger partial charge in [-0.1, -0.05) is 5.21 Å². The Kier molecular flexibility index (Phi) is 3.39. The lowest BCUT2D eigenvalue weighted by atomic mass is 10.3. The average Bonchev–Trinajstić information content (AvgIpc) is 3.24. The van der Waals surface area contributed by atoms with Gasteiger partial charge in [-0.15, -0.1) is 15.3 Å². The average molecular weight is 299 g/mol. The molecular weight excluding hydrogens is 282 g/mol. The second-order valence-corrected chi connectivity index (χ2v) is 5.31. The maximum Gasteiger partial charge on any atom is 0.203 e. The zero-order valence-corrected chi connectivity index (χ0v) is 12.2. The predicted molar refractivity (Wildman–Crippen MR) is 79.5 cm³/mol. The summed E-state index contributed by atoms with van der Waals surface area (Å²) in [5.41, 5.74) is 0.818. The first-order chi connectivity index (χ1) is 10.9. The quantitative estimate of drug-likeness (QED) is 0.644. The van der Waals surface area contributed by atoms with E-state index in [0.29, 0.717) is 0 Å². The SMILES string of the molecule is c1cn(CCN2CCN(c3nccn4cnnc34)CC2)nn1. The van der Waals surface area contributed by atoms with Crippen LogP contribution in [0.25, 0.3) is 5.65 Å². The molecule has 1 saturated heterocycles. The zero-order valence-electron chi connectivity index (χ0n) is 12.2. The van der Waals surface area contributed by atoms with E-state index in [4.69, 9.17) is 0 Å². The summed E-state index contributed by atoms with van der Waals surface area (Å²) in [6, 6.07) is 0. The Morgan fingerprint density at radius 1 is 0.955 bits per heavy atom. The Hall–Kier alpha value is -2.55. The molecule has 3 aromatic rings. The van der Waals surface area contributed by atoms with E-state index in [-0.39, 0.29) is 0 Å². The molecule has 0 saturated carbocycles. The van der Waals surface area contributed by atoms with E-state index < -0.39 is 0 Å². The van der Waals surface area contributed by atoms with Gasteiger partial charge in [-0.05, 0) is 0 Å². The Bertz CT molecular complexity index is 727. The van der Waals surface area contributed by atoms with E-state index in [9.17, 15) is 0 Å². The summed E-state index contributed by atoms with van der Waals surface area (Å²) in [6.07, 6.45) is 8.97. The van der Waals surface area contributed by atoms with Crippen molar-refractivity contribution in [3.05, 3.63) is 31.1 Å². The van der Waals surface area contributed by atoms with Crippen LogP contribution < -0.4 is 4.90 Å². The van der Waals surface area contributed by atoms with Gasteiger partial charge in [-0.3, -0.25) is 14.0 Å². The van der Waals surface area contributed by atoms with Crippen LogP contribution >= 0.6 is 0 Å². The lowest BCUT2D eigenvalue weighted by molar-refractivity contribution is 0.243. The fourth-order valence-electron chi connectivity index (χ4n) is 2.75. The second kappa shape index (κ2) is 5.68. The van der Waals surface area contributed by atoms with Gasteiger partial charge in [0, 0.05) is 51.3 Å². The first-order valence-electron chi connectivity index (χ1n) is 7.36. The molecule has 1 fully saturated rings. The van der Waals surface area contributed by atoms with Crippen molar-refractivity contribution < 1.29 is 0 Å². The molecule has 0 aliphatic carbocycles. The van der Waals surface area contributed by atoms with E-state index in [2.05, 4.69) is 35.3 Å². The Balaban J connectivity index is 1.38. The van der Waals surface area contributed by atoms with Crippen LogP contribution in [-0.4, -0.2) is 72.2 Å². The first-order valence-corrected chi connectivity index (χ1v) is 7.36. The summed E-state index contributed by atoms with van der Waals surface area (Å²) < 4.78 is 3.77. The first kappa shape index (κ1) is 13.1. The van der Waals surface area contributed by atoms with Crippen molar-refractivity contribution in [1.82, 2.24) is 39.5 Å². The van der Waals surface area contributed by atoms with Crippen molar-refractivity contribution in [2.45, 2.75) is 6.54 Å². The molecule has 0 radical (unpaired) electrons. The summed E-state index contributed by atoms with van der Waals surface area (Å²) in [5.74, 6) is 0.913. The Labute approximate surface area is 127 Å². The van der Waals surface area contributed by atoms with Gasteiger partial charge in [-0.25, -0.2) is 4.98 Å². The summed E-state index contributed by atoms with van der Waals surface area (Å²) in [7, 11) is 0. The van der Waals surface area contributed by atoms with Crippen molar-refractivity contribution in [3.8, 4) is 0 Å². The van der Waals surface area contributed by atoms with Crippen LogP contribution in [0.3, 0.4) is 0 Å². The molecule has 0 bridgehead atoms. The van der Waals surface area contributed by atoms with Crippen molar-refractivity contribution in [1.29, 1.82) is 0 Å². The van der Waals surface area contributed by atoms with E-state index in [1.165, 1.54) is 0 Å². The third-order valence-electron chi connectivity index (χ3n) is 3.99. The number of anilines is 1. The summed E-state index contributed by atoms with van der Waals surface area (Å²) >= 11 is 0. The van der Waals surface area contributed by atoms with Crippen LogP contribution in [0.2, 0.25) is 0 Å². The maximum absolute atomic E-state index is 4.48. The molecule has 114 valence electrons. The normalized spacial score (nSPS) is 16.5. The highest BCUT2D eigenvalue weighted by Crippen LogP contribution is 2.17. The second-order valence-electron chi connectivity index (χ2n) is 5.31. The fourth-order valence-corrected chi connectivity index (χ4v) is 2.75. The van der Waals surface area contributed by atoms with E-state index >= 15 is 0 Å². The van der Waals surface area contributed by atoms with Crippen LogP contribution in [-0.2, 0) is 6.54 Å². The molecule has 3 aromatic heterocycles. The van der Waals surface area contributed by atoms with Gasteiger partial charge in [0.15, 0.2) is 5.82 Å². The monoisotopic (exact) mass is 299 g/mol. The number of fused-ring (bicyclic) bond motifs is 1. The molecule has 0 aromatic carbocycles. The molecule has 22 heavy (non-hydrogen) atoms. The molecule has 1 aliphatic heterocycles. The highest BCUT2D eigenvalue weighted by molar-refractivity contribution is 5.63. The minimum atomic E-state index is 0.818. The van der Waals surface area contributed by atoms with Gasteiger partial charge in [-0.2, -0.15) is 0 Å². The summed E-state index contributed by atoms with van der Waals surface area (Å²) in [5, 5.41) is 15.9. The number of nitrogens with zero attached hydrogens (tertiary/aromatic N) is 9. The third-order valence-corrected chi connectivity index (χ3v) is 3.99. The van der Waals surface area contributed by atoms with Crippen LogP contribution in [0.5, 0.6) is 0 Å². The van der Waals surface area contributed by atoms with Gasteiger partial charge < -0.3 is 4.90 Å². The molecule has 1 aliphatic rings. The van der Waals surface area contributed by atoms with Gasteiger partial charge >= 0.3 is 0 Å². The van der Waals surface area contributed by atoms with Crippen LogP contribution in [0.15, 0.2) is 31.1 Å². The highest BCUT2D eigenvalue weighted by Gasteiger charge is 2.20. The molecule has 9 heteroatoms. The van der Waals surface area contributed by atoms with E-state index in [1.54, 1.807) is 18.7 Å². The molecule has 0 amide bonds. The minimum Gasteiger partial charge on any atom is -0.351 e. The van der Waals surface area contributed by atoms with Crippen molar-refractivity contribution in [2.75, 3.05) is 37.6 Å². The standard InChI is InChI=1S/C13H17N9/c1-3-21-11-16-17-13(21)12(14-1)20-8-5-19(6-9-20)7-10-22-4-2-15-18-22/h1-4,11H,5-10H2. The maximum atomic E-state index is 4.48. The van der Waals surface area contributed by atoms with Crippen LogP contribution in [0.4, 0.5) is 5.82 Å².